The average Bonchev–Trinajstić information content (AvgIpc) is 2.75. The summed E-state index contributed by atoms with van der Waals surface area (Å²) in [7, 11) is 0. The van der Waals surface area contributed by atoms with Gasteiger partial charge in [0.15, 0.2) is 23.0 Å². The minimum absolute atomic E-state index is 0.0158. The second kappa shape index (κ2) is 9.37. The van der Waals surface area contributed by atoms with Crippen LogP contribution in [0.1, 0.15) is 15.9 Å². The SMILES string of the molecule is O=C(OCc1ccc(O[C@H]2O[C@@H](CO)[C@H](O)[C@H](O)[C@@H]2O)c(O)c1)c1ccc(O)c(O)c1. The number of aliphatic hydroxyl groups is 4. The fraction of sp³-hybridized carbons (Fsp3) is 0.350. The molecule has 2 aromatic rings. The van der Waals surface area contributed by atoms with Crippen molar-refractivity contribution in [3.63, 3.8) is 0 Å². The van der Waals surface area contributed by atoms with E-state index >= 15 is 0 Å². The van der Waals surface area contributed by atoms with E-state index in [-0.39, 0.29) is 29.4 Å². The molecule has 168 valence electrons. The molecule has 2 aromatic carbocycles. The Morgan fingerprint density at radius 3 is 2.29 bits per heavy atom. The molecule has 7 N–H and O–H groups in total. The summed E-state index contributed by atoms with van der Waals surface area (Å²) in [6.45, 7) is -0.853. The Kier molecular flexibility index (Phi) is 6.83. The van der Waals surface area contributed by atoms with Gasteiger partial charge in [-0.05, 0) is 35.9 Å². The Bertz CT molecular complexity index is 929. The lowest BCUT2D eigenvalue weighted by molar-refractivity contribution is -0.277. The van der Waals surface area contributed by atoms with Crippen molar-refractivity contribution in [3.05, 3.63) is 47.5 Å². The van der Waals surface area contributed by atoms with E-state index in [1.165, 1.54) is 24.3 Å². The van der Waals surface area contributed by atoms with E-state index in [0.717, 1.165) is 12.1 Å². The zero-order chi connectivity index (χ0) is 22.7. The molecule has 1 heterocycles. The van der Waals surface area contributed by atoms with Crippen LogP contribution < -0.4 is 4.74 Å². The quantitative estimate of drug-likeness (QED) is 0.224. The first-order valence-corrected chi connectivity index (χ1v) is 9.19. The lowest BCUT2D eigenvalue weighted by atomic mass is 9.99. The molecule has 0 bridgehead atoms. The van der Waals surface area contributed by atoms with Crippen molar-refractivity contribution in [2.24, 2.45) is 0 Å². The van der Waals surface area contributed by atoms with Crippen molar-refractivity contribution in [1.29, 1.82) is 0 Å². The third-order valence-corrected chi connectivity index (χ3v) is 4.70. The van der Waals surface area contributed by atoms with Gasteiger partial charge in [-0.3, -0.25) is 0 Å². The Labute approximate surface area is 175 Å². The van der Waals surface area contributed by atoms with Crippen LogP contribution in [-0.2, 0) is 16.1 Å². The van der Waals surface area contributed by atoms with Crippen molar-refractivity contribution in [2.75, 3.05) is 6.61 Å². The van der Waals surface area contributed by atoms with Gasteiger partial charge in [0.1, 0.15) is 31.0 Å². The van der Waals surface area contributed by atoms with Gasteiger partial charge in [0.2, 0.25) is 6.29 Å². The van der Waals surface area contributed by atoms with E-state index in [1.807, 2.05) is 0 Å². The molecule has 1 aliphatic rings. The number of aliphatic hydroxyl groups excluding tert-OH is 4. The standard InChI is InChI=1S/C20H22O11/c21-7-15-16(25)17(26)18(27)20(31-15)30-14-4-1-9(5-13(14)24)8-29-19(28)10-2-3-11(22)12(23)6-10/h1-6,15-18,20-27H,7-8H2/t15-,16-,17-,18-,20-/m0/s1. The molecule has 0 aliphatic carbocycles. The van der Waals surface area contributed by atoms with Crippen LogP contribution in [0.5, 0.6) is 23.0 Å². The molecule has 5 atom stereocenters. The number of rotatable bonds is 6. The van der Waals surface area contributed by atoms with Gasteiger partial charge >= 0.3 is 5.97 Å². The van der Waals surface area contributed by atoms with E-state index in [0.29, 0.717) is 5.56 Å². The Morgan fingerprint density at radius 2 is 1.65 bits per heavy atom. The average molecular weight is 438 g/mol. The Hall–Kier alpha value is -3.09. The molecule has 0 saturated carbocycles. The van der Waals surface area contributed by atoms with Crippen LogP contribution in [0, 0.1) is 0 Å². The second-order valence-electron chi connectivity index (χ2n) is 6.90. The van der Waals surface area contributed by atoms with Crippen molar-refractivity contribution < 1.29 is 54.8 Å². The van der Waals surface area contributed by atoms with Crippen molar-refractivity contribution in [2.45, 2.75) is 37.3 Å². The number of carbonyl (C=O) groups is 1. The normalized spacial score (nSPS) is 25.7. The summed E-state index contributed by atoms with van der Waals surface area (Å²) in [6.07, 6.45) is -7.44. The molecular weight excluding hydrogens is 416 g/mol. The lowest BCUT2D eigenvalue weighted by Gasteiger charge is -2.39. The highest BCUT2D eigenvalue weighted by atomic mass is 16.7. The number of esters is 1. The number of ether oxygens (including phenoxy) is 3. The number of aromatic hydroxyl groups is 3. The molecular formula is C20H22O11. The van der Waals surface area contributed by atoms with E-state index in [9.17, 15) is 40.5 Å². The number of phenols is 3. The third-order valence-electron chi connectivity index (χ3n) is 4.70. The van der Waals surface area contributed by atoms with Gasteiger partial charge in [-0.1, -0.05) is 6.07 Å². The molecule has 0 spiro atoms. The van der Waals surface area contributed by atoms with Crippen LogP contribution in [0.4, 0.5) is 0 Å². The molecule has 1 aliphatic heterocycles. The number of carbonyl (C=O) groups excluding carboxylic acids is 1. The van der Waals surface area contributed by atoms with E-state index in [2.05, 4.69) is 0 Å². The molecule has 11 heteroatoms. The first-order valence-electron chi connectivity index (χ1n) is 9.19. The second-order valence-corrected chi connectivity index (χ2v) is 6.90. The summed E-state index contributed by atoms with van der Waals surface area (Å²) < 4.78 is 15.7. The predicted octanol–water partition coefficient (Wildman–Crippen LogP) is -0.661. The molecule has 31 heavy (non-hydrogen) atoms. The summed E-state index contributed by atoms with van der Waals surface area (Å²) in [5.41, 5.74) is 0.400. The highest BCUT2D eigenvalue weighted by Crippen LogP contribution is 2.31. The maximum Gasteiger partial charge on any atom is 0.338 e. The summed E-state index contributed by atoms with van der Waals surface area (Å²) in [4.78, 5) is 12.0. The number of hydrogen-bond donors (Lipinski definition) is 7. The molecule has 1 saturated heterocycles. The van der Waals surface area contributed by atoms with Gasteiger partial charge in [-0.2, -0.15) is 0 Å². The van der Waals surface area contributed by atoms with Crippen LogP contribution >= 0.6 is 0 Å². The summed E-state index contributed by atoms with van der Waals surface area (Å²) >= 11 is 0. The highest BCUT2D eigenvalue weighted by molar-refractivity contribution is 5.90. The van der Waals surface area contributed by atoms with Crippen molar-refractivity contribution in [3.8, 4) is 23.0 Å². The highest BCUT2D eigenvalue weighted by Gasteiger charge is 2.44. The van der Waals surface area contributed by atoms with Crippen LogP contribution in [0.3, 0.4) is 0 Å². The van der Waals surface area contributed by atoms with Gasteiger partial charge in [0.25, 0.3) is 0 Å². The van der Waals surface area contributed by atoms with E-state index in [1.54, 1.807) is 0 Å². The largest absolute Gasteiger partial charge is 0.504 e. The van der Waals surface area contributed by atoms with Gasteiger partial charge in [-0.15, -0.1) is 0 Å². The smallest absolute Gasteiger partial charge is 0.338 e. The van der Waals surface area contributed by atoms with Crippen molar-refractivity contribution >= 4 is 5.97 Å². The molecule has 11 nitrogen and oxygen atoms in total. The summed E-state index contributed by atoms with van der Waals surface area (Å²) in [6, 6.07) is 7.47. The number of benzene rings is 2. The molecule has 1 fully saturated rings. The van der Waals surface area contributed by atoms with Crippen LogP contribution in [-0.4, -0.2) is 79.0 Å². The fourth-order valence-electron chi connectivity index (χ4n) is 2.92. The molecule has 0 radical (unpaired) electrons. The minimum Gasteiger partial charge on any atom is -0.504 e. The maximum absolute atomic E-state index is 12.0. The Morgan fingerprint density at radius 1 is 0.903 bits per heavy atom. The first-order chi connectivity index (χ1) is 14.7. The molecule has 0 aromatic heterocycles. The van der Waals surface area contributed by atoms with Crippen LogP contribution in [0.15, 0.2) is 36.4 Å². The van der Waals surface area contributed by atoms with Crippen molar-refractivity contribution in [1.82, 2.24) is 0 Å². The van der Waals surface area contributed by atoms with E-state index < -0.39 is 49.0 Å². The summed E-state index contributed by atoms with van der Waals surface area (Å²) in [5, 5.41) is 67.7. The monoisotopic (exact) mass is 438 g/mol. The molecule has 0 unspecified atom stereocenters. The Balaban J connectivity index is 1.63. The number of phenolic OH excluding ortho intramolecular Hbond substituents is 3. The summed E-state index contributed by atoms with van der Waals surface area (Å²) in [5.74, 6) is -2.12. The zero-order valence-corrected chi connectivity index (χ0v) is 16.0. The molecule has 3 rings (SSSR count). The number of hydrogen-bond acceptors (Lipinski definition) is 11. The van der Waals surface area contributed by atoms with Crippen LogP contribution in [0.25, 0.3) is 0 Å². The van der Waals surface area contributed by atoms with Gasteiger partial charge in [-0.25, -0.2) is 4.79 Å². The van der Waals surface area contributed by atoms with Gasteiger partial charge in [0, 0.05) is 0 Å². The zero-order valence-electron chi connectivity index (χ0n) is 16.0. The fourth-order valence-corrected chi connectivity index (χ4v) is 2.92. The van der Waals surface area contributed by atoms with E-state index in [4.69, 9.17) is 14.2 Å². The molecule has 0 amide bonds. The minimum atomic E-state index is -1.64. The lowest BCUT2D eigenvalue weighted by Crippen LogP contribution is -2.60. The van der Waals surface area contributed by atoms with Gasteiger partial charge in [0.05, 0.1) is 12.2 Å². The third kappa shape index (κ3) is 4.98. The maximum atomic E-state index is 12.0. The first kappa shape index (κ1) is 22.6. The van der Waals surface area contributed by atoms with Gasteiger partial charge < -0.3 is 50.0 Å². The van der Waals surface area contributed by atoms with Crippen LogP contribution in [0.2, 0.25) is 0 Å². The predicted molar refractivity (Wildman–Crippen MR) is 101 cm³/mol. The topological polar surface area (TPSA) is 186 Å².